The first-order chi connectivity index (χ1) is 11.5. The Morgan fingerprint density at radius 3 is 2.83 bits per heavy atom. The summed E-state index contributed by atoms with van der Waals surface area (Å²) in [7, 11) is 0. The van der Waals surface area contributed by atoms with Crippen LogP contribution in [0.2, 0.25) is 0 Å². The molecular weight excluding hydrogens is 310 g/mol. The molecule has 8 heteroatoms. The molecule has 0 radical (unpaired) electrons. The number of amides is 2. The van der Waals surface area contributed by atoms with E-state index in [9.17, 15) is 14.4 Å². The number of carbonyl (C=O) groups is 2. The van der Waals surface area contributed by atoms with Crippen LogP contribution in [0.4, 0.5) is 5.82 Å². The number of hydrogen-bond donors (Lipinski definition) is 3. The molecule has 3 rings (SSSR count). The van der Waals surface area contributed by atoms with Crippen LogP contribution < -0.4 is 16.6 Å². The van der Waals surface area contributed by atoms with E-state index in [2.05, 4.69) is 15.3 Å². The molecule has 0 aromatic carbocycles. The molecule has 2 amide bonds. The summed E-state index contributed by atoms with van der Waals surface area (Å²) in [6, 6.07) is 0.838. The van der Waals surface area contributed by atoms with Crippen molar-refractivity contribution in [2.45, 2.75) is 44.6 Å². The lowest BCUT2D eigenvalue weighted by Gasteiger charge is -2.34. The number of nitrogens with one attached hydrogen (secondary N) is 2. The maximum absolute atomic E-state index is 12.5. The van der Waals surface area contributed by atoms with Crippen molar-refractivity contribution < 1.29 is 9.59 Å². The van der Waals surface area contributed by atoms with Gasteiger partial charge in [0.2, 0.25) is 11.8 Å². The Kier molecular flexibility index (Phi) is 4.82. The second kappa shape index (κ2) is 7.02. The zero-order chi connectivity index (χ0) is 17.1. The number of piperidine rings is 1. The molecule has 2 heterocycles. The number of likely N-dealkylation sites (tertiary alicyclic amines) is 1. The summed E-state index contributed by atoms with van der Waals surface area (Å²) >= 11 is 0. The molecule has 2 aliphatic rings. The van der Waals surface area contributed by atoms with Crippen molar-refractivity contribution in [1.82, 2.24) is 20.2 Å². The fraction of sp³-hybridized carbons (Fsp3) is 0.625. The average molecular weight is 333 g/mol. The lowest BCUT2D eigenvalue weighted by Crippen LogP contribution is -2.52. The molecule has 24 heavy (non-hydrogen) atoms. The van der Waals surface area contributed by atoms with Gasteiger partial charge in [-0.1, -0.05) is 0 Å². The minimum absolute atomic E-state index is 0.122. The first-order valence-electron chi connectivity index (χ1n) is 8.48. The number of aromatic amines is 1. The third-order valence-corrected chi connectivity index (χ3v) is 4.49. The third-order valence-electron chi connectivity index (χ3n) is 4.49. The van der Waals surface area contributed by atoms with E-state index in [1.165, 1.54) is 6.07 Å². The molecule has 1 atom stereocenters. The summed E-state index contributed by atoms with van der Waals surface area (Å²) in [6.07, 6.45) is 4.89. The van der Waals surface area contributed by atoms with Gasteiger partial charge in [0.05, 0.1) is 0 Å². The average Bonchev–Trinajstić information content (AvgIpc) is 3.38. The van der Waals surface area contributed by atoms with Gasteiger partial charge in [0, 0.05) is 31.5 Å². The molecule has 2 fully saturated rings. The van der Waals surface area contributed by atoms with E-state index in [-0.39, 0.29) is 35.2 Å². The molecule has 8 nitrogen and oxygen atoms in total. The molecule has 1 aliphatic carbocycles. The Bertz CT molecular complexity index is 683. The first kappa shape index (κ1) is 16.5. The molecule has 0 bridgehead atoms. The van der Waals surface area contributed by atoms with E-state index < -0.39 is 0 Å². The second-order valence-corrected chi connectivity index (χ2v) is 6.48. The molecule has 130 valence electrons. The number of nitrogens with two attached hydrogens (primary N) is 1. The molecule has 1 aromatic rings. The van der Waals surface area contributed by atoms with Gasteiger partial charge in [0.15, 0.2) is 0 Å². The van der Waals surface area contributed by atoms with Crippen LogP contribution in [0.3, 0.4) is 0 Å². The van der Waals surface area contributed by atoms with Gasteiger partial charge in [-0.15, -0.1) is 0 Å². The van der Waals surface area contributed by atoms with Gasteiger partial charge in [0.25, 0.3) is 5.56 Å². The number of hydrogen-bond acceptors (Lipinski definition) is 5. The van der Waals surface area contributed by atoms with Crippen molar-refractivity contribution in [3.8, 4) is 0 Å². The minimum Gasteiger partial charge on any atom is -0.383 e. The largest absolute Gasteiger partial charge is 0.383 e. The van der Waals surface area contributed by atoms with Crippen LogP contribution in [0.15, 0.2) is 10.9 Å². The SMILES string of the molecule is Nc1cc(=O)[nH]c(CCNC(=O)[C@@H]2CCCCN2C(=O)C2CC2)n1. The van der Waals surface area contributed by atoms with Gasteiger partial charge in [0.1, 0.15) is 17.7 Å². The van der Waals surface area contributed by atoms with Gasteiger partial charge in [-0.25, -0.2) is 4.98 Å². The maximum Gasteiger partial charge on any atom is 0.252 e. The summed E-state index contributed by atoms with van der Waals surface area (Å²) in [6.45, 7) is 1.00. The number of rotatable bonds is 5. The molecule has 1 saturated heterocycles. The minimum atomic E-state index is -0.375. The van der Waals surface area contributed by atoms with Crippen LogP contribution in [0.1, 0.15) is 37.9 Å². The predicted octanol–water partition coefficient (Wildman–Crippen LogP) is -0.198. The summed E-state index contributed by atoms with van der Waals surface area (Å²) in [5.41, 5.74) is 5.22. The van der Waals surface area contributed by atoms with Gasteiger partial charge in [-0.2, -0.15) is 0 Å². The Balaban J connectivity index is 1.54. The van der Waals surface area contributed by atoms with Crippen molar-refractivity contribution >= 4 is 17.6 Å². The van der Waals surface area contributed by atoms with Crippen LogP contribution in [-0.4, -0.2) is 45.8 Å². The van der Waals surface area contributed by atoms with E-state index >= 15 is 0 Å². The van der Waals surface area contributed by atoms with Crippen molar-refractivity contribution in [2.75, 3.05) is 18.8 Å². The van der Waals surface area contributed by atoms with Crippen LogP contribution in [-0.2, 0) is 16.0 Å². The van der Waals surface area contributed by atoms with Gasteiger partial charge < -0.3 is 20.9 Å². The first-order valence-corrected chi connectivity index (χ1v) is 8.48. The topological polar surface area (TPSA) is 121 Å². The quantitative estimate of drug-likeness (QED) is 0.689. The van der Waals surface area contributed by atoms with Crippen molar-refractivity contribution in [2.24, 2.45) is 5.92 Å². The van der Waals surface area contributed by atoms with Gasteiger partial charge in [-0.3, -0.25) is 14.4 Å². The molecule has 1 aromatic heterocycles. The van der Waals surface area contributed by atoms with Crippen LogP contribution in [0.5, 0.6) is 0 Å². The maximum atomic E-state index is 12.5. The molecule has 4 N–H and O–H groups in total. The van der Waals surface area contributed by atoms with E-state index in [4.69, 9.17) is 5.73 Å². The normalized spacial score (nSPS) is 20.7. The molecule has 1 saturated carbocycles. The lowest BCUT2D eigenvalue weighted by molar-refractivity contribution is -0.143. The second-order valence-electron chi connectivity index (χ2n) is 6.48. The highest BCUT2D eigenvalue weighted by molar-refractivity contribution is 5.89. The summed E-state index contributed by atoms with van der Waals surface area (Å²) < 4.78 is 0. The zero-order valence-corrected chi connectivity index (χ0v) is 13.6. The van der Waals surface area contributed by atoms with Crippen LogP contribution in [0, 0.1) is 5.92 Å². The summed E-state index contributed by atoms with van der Waals surface area (Å²) in [4.78, 5) is 44.5. The van der Waals surface area contributed by atoms with E-state index in [1.807, 2.05) is 0 Å². The van der Waals surface area contributed by atoms with Crippen molar-refractivity contribution in [3.63, 3.8) is 0 Å². The van der Waals surface area contributed by atoms with Crippen LogP contribution in [0.25, 0.3) is 0 Å². The Morgan fingerprint density at radius 1 is 1.33 bits per heavy atom. The fourth-order valence-electron chi connectivity index (χ4n) is 3.10. The molecule has 0 spiro atoms. The Labute approximate surface area is 139 Å². The number of nitrogen functional groups attached to an aromatic ring is 1. The summed E-state index contributed by atoms with van der Waals surface area (Å²) in [5.74, 6) is 0.718. The molecule has 1 aliphatic heterocycles. The van der Waals surface area contributed by atoms with Crippen LogP contribution >= 0.6 is 0 Å². The van der Waals surface area contributed by atoms with Gasteiger partial charge in [-0.05, 0) is 32.1 Å². The number of nitrogens with zero attached hydrogens (tertiary/aromatic N) is 2. The monoisotopic (exact) mass is 333 g/mol. The number of H-pyrrole nitrogens is 1. The standard InChI is InChI=1S/C16H23N5O3/c17-12-9-14(22)20-13(19-12)6-7-18-15(23)11-3-1-2-8-21(11)16(24)10-4-5-10/h9-11H,1-8H2,(H,18,23)(H3,17,19,20,22)/t11-/m0/s1. The highest BCUT2D eigenvalue weighted by atomic mass is 16.2. The van der Waals surface area contributed by atoms with E-state index in [0.717, 1.165) is 25.7 Å². The van der Waals surface area contributed by atoms with E-state index in [0.29, 0.717) is 31.8 Å². The number of carbonyl (C=O) groups excluding carboxylic acids is 2. The Morgan fingerprint density at radius 2 is 2.12 bits per heavy atom. The smallest absolute Gasteiger partial charge is 0.252 e. The van der Waals surface area contributed by atoms with Crippen molar-refractivity contribution in [1.29, 1.82) is 0 Å². The molecular formula is C16H23N5O3. The fourth-order valence-corrected chi connectivity index (χ4v) is 3.10. The molecule has 0 unspecified atom stereocenters. The predicted molar refractivity (Wildman–Crippen MR) is 88.1 cm³/mol. The van der Waals surface area contributed by atoms with Crippen molar-refractivity contribution in [3.05, 3.63) is 22.2 Å². The zero-order valence-electron chi connectivity index (χ0n) is 13.6. The Hall–Kier alpha value is -2.38. The highest BCUT2D eigenvalue weighted by Crippen LogP contribution is 2.33. The highest BCUT2D eigenvalue weighted by Gasteiger charge is 2.39. The number of anilines is 1. The van der Waals surface area contributed by atoms with Gasteiger partial charge >= 0.3 is 0 Å². The summed E-state index contributed by atoms with van der Waals surface area (Å²) in [5, 5.41) is 2.85. The number of aromatic nitrogens is 2. The lowest BCUT2D eigenvalue weighted by atomic mass is 10.0. The third kappa shape index (κ3) is 3.93. The van der Waals surface area contributed by atoms with E-state index in [1.54, 1.807) is 4.90 Å².